The molecule has 1 fully saturated rings. The monoisotopic (exact) mass is 540 g/mol. The van der Waals surface area contributed by atoms with Gasteiger partial charge in [-0.05, 0) is 82.3 Å². The minimum Gasteiger partial charge on any atom is -0.481 e. The van der Waals surface area contributed by atoms with Crippen LogP contribution in [0.15, 0.2) is 47.0 Å². The van der Waals surface area contributed by atoms with Crippen LogP contribution in [-0.2, 0) is 16.8 Å². The first-order valence-corrected chi connectivity index (χ1v) is 13.4. The van der Waals surface area contributed by atoms with Crippen LogP contribution in [0.1, 0.15) is 72.4 Å². The van der Waals surface area contributed by atoms with Gasteiger partial charge in [-0.1, -0.05) is 67.9 Å². The SMILES string of the molecule is CC(C)(C)N.CC1(C(=O)O)CCN(Cc2ccc(-c3noc(-c4ccc(C(C)(C)C)c(Cl)c4)n3)cc2)CC1. The molecule has 1 aliphatic heterocycles. The van der Waals surface area contributed by atoms with E-state index in [1.54, 1.807) is 0 Å². The van der Waals surface area contributed by atoms with Crippen LogP contribution in [0.25, 0.3) is 22.8 Å². The molecule has 1 aromatic heterocycles. The van der Waals surface area contributed by atoms with E-state index in [4.69, 9.17) is 21.9 Å². The highest BCUT2D eigenvalue weighted by atomic mass is 35.5. The third-order valence-corrected chi connectivity index (χ3v) is 6.86. The molecular formula is C30H41ClN4O3. The first-order chi connectivity index (χ1) is 17.5. The third kappa shape index (κ3) is 8.13. The van der Waals surface area contributed by atoms with Gasteiger partial charge < -0.3 is 15.4 Å². The molecule has 38 heavy (non-hydrogen) atoms. The Morgan fingerprint density at radius 1 is 1.05 bits per heavy atom. The summed E-state index contributed by atoms with van der Waals surface area (Å²) in [5.74, 6) is 0.271. The Labute approximate surface area is 231 Å². The normalized spacial score (nSPS) is 16.0. The van der Waals surface area contributed by atoms with E-state index < -0.39 is 11.4 Å². The van der Waals surface area contributed by atoms with E-state index in [9.17, 15) is 9.90 Å². The zero-order chi connectivity index (χ0) is 28.3. The molecule has 2 heterocycles. The number of nitrogens with two attached hydrogens (primary N) is 1. The second-order valence-corrected chi connectivity index (χ2v) is 13.0. The van der Waals surface area contributed by atoms with Crippen LogP contribution >= 0.6 is 11.6 Å². The molecule has 0 atom stereocenters. The predicted octanol–water partition coefficient (Wildman–Crippen LogP) is 6.78. The van der Waals surface area contributed by atoms with Gasteiger partial charge >= 0.3 is 5.97 Å². The summed E-state index contributed by atoms with van der Waals surface area (Å²) in [4.78, 5) is 18.3. The van der Waals surface area contributed by atoms with E-state index in [-0.39, 0.29) is 11.0 Å². The number of hydrogen-bond donors (Lipinski definition) is 2. The topological polar surface area (TPSA) is 105 Å². The lowest BCUT2D eigenvalue weighted by Crippen LogP contribution is -2.42. The standard InChI is InChI=1S/C26H30ClN3O3.C4H11N/c1-25(2,3)20-10-9-19(15-21(20)27)23-28-22(29-33-23)18-7-5-17(6-8-18)16-30-13-11-26(4,12-14-30)24(31)32;1-4(2,3)5/h5-10,15H,11-14,16H2,1-4H3,(H,31,32);5H2,1-3H3. The second-order valence-electron chi connectivity index (χ2n) is 12.6. The van der Waals surface area contributed by atoms with Crippen LogP contribution in [0.4, 0.5) is 0 Å². The number of aromatic nitrogens is 2. The van der Waals surface area contributed by atoms with Crippen LogP contribution in [0.5, 0.6) is 0 Å². The highest BCUT2D eigenvalue weighted by Gasteiger charge is 2.36. The molecule has 0 aliphatic carbocycles. The van der Waals surface area contributed by atoms with Gasteiger partial charge in [0.1, 0.15) is 0 Å². The van der Waals surface area contributed by atoms with E-state index >= 15 is 0 Å². The molecule has 0 bridgehead atoms. The van der Waals surface area contributed by atoms with Crippen molar-refractivity contribution in [3.63, 3.8) is 0 Å². The molecule has 1 aliphatic rings. The van der Waals surface area contributed by atoms with Crippen molar-refractivity contribution < 1.29 is 14.4 Å². The molecule has 0 saturated carbocycles. The summed E-state index contributed by atoms with van der Waals surface area (Å²) in [6.07, 6.45) is 1.35. The van der Waals surface area contributed by atoms with E-state index in [2.05, 4.69) is 47.9 Å². The second kappa shape index (κ2) is 11.6. The van der Waals surface area contributed by atoms with Crippen molar-refractivity contribution >= 4 is 17.6 Å². The summed E-state index contributed by atoms with van der Waals surface area (Å²) in [6.45, 7) is 16.5. The van der Waals surface area contributed by atoms with Gasteiger partial charge in [0, 0.05) is 28.2 Å². The maximum atomic E-state index is 11.4. The van der Waals surface area contributed by atoms with Crippen molar-refractivity contribution in [1.82, 2.24) is 15.0 Å². The van der Waals surface area contributed by atoms with Crippen LogP contribution in [0.2, 0.25) is 5.02 Å². The average Bonchev–Trinajstić information content (AvgIpc) is 3.29. The zero-order valence-corrected chi connectivity index (χ0v) is 24.4. The minimum atomic E-state index is -0.696. The highest BCUT2D eigenvalue weighted by molar-refractivity contribution is 6.31. The van der Waals surface area contributed by atoms with E-state index in [0.717, 1.165) is 36.3 Å². The third-order valence-electron chi connectivity index (χ3n) is 6.54. The molecule has 206 valence electrons. The molecule has 2 aromatic carbocycles. The van der Waals surface area contributed by atoms with Crippen LogP contribution in [0.3, 0.4) is 0 Å². The Balaban J connectivity index is 0.000000732. The first kappa shape index (κ1) is 29.8. The Morgan fingerprint density at radius 2 is 1.61 bits per heavy atom. The van der Waals surface area contributed by atoms with E-state index in [1.165, 1.54) is 5.56 Å². The van der Waals surface area contributed by atoms with Gasteiger partial charge in [-0.25, -0.2) is 0 Å². The van der Waals surface area contributed by atoms with Gasteiger partial charge in [0.2, 0.25) is 5.82 Å². The van der Waals surface area contributed by atoms with Crippen molar-refractivity contribution in [2.24, 2.45) is 11.1 Å². The maximum absolute atomic E-state index is 11.4. The number of carboxylic acids is 1. The quantitative estimate of drug-likeness (QED) is 0.367. The van der Waals surface area contributed by atoms with Gasteiger partial charge in [-0.3, -0.25) is 9.69 Å². The summed E-state index contributed by atoms with van der Waals surface area (Å²) in [5, 5.41) is 14.2. The number of hydrogen-bond acceptors (Lipinski definition) is 6. The fourth-order valence-electron chi connectivity index (χ4n) is 4.15. The number of rotatable bonds is 5. The highest BCUT2D eigenvalue weighted by Crippen LogP contribution is 2.34. The first-order valence-electron chi connectivity index (χ1n) is 13.0. The number of nitrogens with zero attached hydrogens (tertiary/aromatic N) is 3. The van der Waals surface area contributed by atoms with Gasteiger partial charge in [0.05, 0.1) is 5.41 Å². The van der Waals surface area contributed by atoms with E-state index in [0.29, 0.717) is 29.6 Å². The number of aliphatic carboxylic acids is 1. The molecule has 7 nitrogen and oxygen atoms in total. The maximum Gasteiger partial charge on any atom is 0.309 e. The Hall–Kier alpha value is -2.74. The molecule has 3 N–H and O–H groups in total. The Morgan fingerprint density at radius 3 is 2.11 bits per heavy atom. The smallest absolute Gasteiger partial charge is 0.309 e. The number of halogens is 1. The minimum absolute atomic E-state index is 0. The molecule has 1 saturated heterocycles. The van der Waals surface area contributed by atoms with Crippen molar-refractivity contribution in [2.45, 2.75) is 78.8 Å². The number of likely N-dealkylation sites (tertiary alicyclic amines) is 1. The Bertz CT molecular complexity index is 1230. The number of carbonyl (C=O) groups is 1. The lowest BCUT2D eigenvalue weighted by Gasteiger charge is -2.36. The molecule has 0 unspecified atom stereocenters. The number of piperidine rings is 1. The zero-order valence-electron chi connectivity index (χ0n) is 23.6. The number of benzene rings is 2. The van der Waals surface area contributed by atoms with Gasteiger partial charge in [-0.2, -0.15) is 4.98 Å². The Kier molecular flexibility index (Phi) is 9.07. The largest absolute Gasteiger partial charge is 0.481 e. The molecule has 4 rings (SSSR count). The summed E-state index contributed by atoms with van der Waals surface area (Å²) in [7, 11) is 0. The van der Waals surface area contributed by atoms with Crippen molar-refractivity contribution in [2.75, 3.05) is 13.1 Å². The molecule has 0 spiro atoms. The molecule has 3 aromatic rings. The molecule has 8 heteroatoms. The fourth-order valence-corrected chi connectivity index (χ4v) is 4.61. The van der Waals surface area contributed by atoms with Gasteiger partial charge in [0.15, 0.2) is 0 Å². The van der Waals surface area contributed by atoms with E-state index in [1.807, 2.05) is 58.0 Å². The van der Waals surface area contributed by atoms with Crippen LogP contribution < -0.4 is 5.73 Å². The molecule has 0 amide bonds. The van der Waals surface area contributed by atoms with Crippen molar-refractivity contribution in [3.8, 4) is 22.8 Å². The van der Waals surface area contributed by atoms with Gasteiger partial charge in [-0.15, -0.1) is 0 Å². The van der Waals surface area contributed by atoms with Crippen molar-refractivity contribution in [1.29, 1.82) is 0 Å². The summed E-state index contributed by atoms with van der Waals surface area (Å²) in [5.41, 5.74) is 8.63. The van der Waals surface area contributed by atoms with Crippen LogP contribution in [0, 0.1) is 5.41 Å². The predicted molar refractivity (Wildman–Crippen MR) is 153 cm³/mol. The molecule has 0 radical (unpaired) electrons. The average molecular weight is 541 g/mol. The lowest BCUT2D eigenvalue weighted by atomic mass is 9.80. The summed E-state index contributed by atoms with van der Waals surface area (Å²) >= 11 is 6.49. The van der Waals surface area contributed by atoms with Crippen molar-refractivity contribution in [3.05, 3.63) is 58.6 Å². The number of carboxylic acid groups (broad SMARTS) is 1. The summed E-state index contributed by atoms with van der Waals surface area (Å²) in [6, 6.07) is 13.9. The lowest BCUT2D eigenvalue weighted by molar-refractivity contribution is -0.150. The van der Waals surface area contributed by atoms with Gasteiger partial charge in [0.25, 0.3) is 5.89 Å². The molecular weight excluding hydrogens is 500 g/mol. The van der Waals surface area contributed by atoms with Crippen LogP contribution in [-0.4, -0.2) is 44.7 Å². The fraction of sp³-hybridized carbons (Fsp3) is 0.500. The summed E-state index contributed by atoms with van der Waals surface area (Å²) < 4.78 is 5.50.